The van der Waals surface area contributed by atoms with E-state index in [-0.39, 0.29) is 0 Å². The van der Waals surface area contributed by atoms with Gasteiger partial charge in [0.25, 0.3) is 0 Å². The van der Waals surface area contributed by atoms with E-state index in [1.54, 1.807) is 57.8 Å². The van der Waals surface area contributed by atoms with Crippen LogP contribution in [-0.4, -0.2) is 0 Å². The van der Waals surface area contributed by atoms with Gasteiger partial charge in [0.15, 0.2) is 0 Å². The van der Waals surface area contributed by atoms with E-state index in [1.165, 1.54) is 51.4 Å². The molecule has 0 heterocycles. The van der Waals surface area contributed by atoms with Gasteiger partial charge >= 0.3 is 0 Å². The van der Waals surface area contributed by atoms with Crippen molar-refractivity contribution in [3.8, 4) is 0 Å². The number of rotatable bonds is 10. The van der Waals surface area contributed by atoms with Gasteiger partial charge in [-0.3, -0.25) is 0 Å². The second-order valence-corrected chi connectivity index (χ2v) is 8.91. The van der Waals surface area contributed by atoms with Crippen LogP contribution in [0.25, 0.3) is 0 Å². The molecular formula is C23H44. The van der Waals surface area contributed by atoms with Crippen LogP contribution < -0.4 is 0 Å². The van der Waals surface area contributed by atoms with Crippen molar-refractivity contribution in [2.45, 2.75) is 123 Å². The Morgan fingerprint density at radius 1 is 0.478 bits per heavy atom. The molecule has 0 heteroatoms. The minimum absolute atomic E-state index is 1.09. The highest BCUT2D eigenvalue weighted by molar-refractivity contribution is 4.82. The summed E-state index contributed by atoms with van der Waals surface area (Å²) in [6.45, 7) is 4.66. The quantitative estimate of drug-likeness (QED) is 0.356. The van der Waals surface area contributed by atoms with Crippen LogP contribution in [0.15, 0.2) is 0 Å². The highest BCUT2D eigenvalue weighted by Crippen LogP contribution is 2.43. The summed E-state index contributed by atoms with van der Waals surface area (Å²) in [5.74, 6) is 4.40. The van der Waals surface area contributed by atoms with Gasteiger partial charge in [-0.2, -0.15) is 0 Å². The van der Waals surface area contributed by atoms with Crippen molar-refractivity contribution in [3.05, 3.63) is 0 Å². The first kappa shape index (κ1) is 19.3. The zero-order chi connectivity index (χ0) is 16.3. The van der Waals surface area contributed by atoms with E-state index in [0.717, 1.165) is 23.7 Å². The van der Waals surface area contributed by atoms with Crippen molar-refractivity contribution in [2.24, 2.45) is 23.7 Å². The Morgan fingerprint density at radius 2 is 0.913 bits per heavy atom. The summed E-state index contributed by atoms with van der Waals surface area (Å²) in [5.41, 5.74) is 0. The van der Waals surface area contributed by atoms with Crippen LogP contribution >= 0.6 is 0 Å². The number of hydrogen-bond acceptors (Lipinski definition) is 0. The zero-order valence-electron chi connectivity index (χ0n) is 16.3. The van der Waals surface area contributed by atoms with Gasteiger partial charge in [-0.15, -0.1) is 0 Å². The second kappa shape index (κ2) is 11.5. The fourth-order valence-electron chi connectivity index (χ4n) is 5.43. The first-order valence-corrected chi connectivity index (χ1v) is 11.3. The van der Waals surface area contributed by atoms with Gasteiger partial charge in [-0.1, -0.05) is 97.3 Å². The molecule has 136 valence electrons. The highest BCUT2D eigenvalue weighted by Gasteiger charge is 2.30. The van der Waals surface area contributed by atoms with Gasteiger partial charge < -0.3 is 0 Å². The monoisotopic (exact) mass is 320 g/mol. The first-order chi connectivity index (χ1) is 11.3. The van der Waals surface area contributed by atoms with Gasteiger partial charge in [0.1, 0.15) is 0 Å². The van der Waals surface area contributed by atoms with E-state index < -0.39 is 0 Å². The minimum Gasteiger partial charge on any atom is -0.0654 e. The molecule has 23 heavy (non-hydrogen) atoms. The molecule has 2 fully saturated rings. The van der Waals surface area contributed by atoms with Crippen molar-refractivity contribution in [1.29, 1.82) is 0 Å². The summed E-state index contributed by atoms with van der Waals surface area (Å²) in [6.07, 6.45) is 25.8. The van der Waals surface area contributed by atoms with Crippen LogP contribution in [0.4, 0.5) is 0 Å². The van der Waals surface area contributed by atoms with Crippen LogP contribution in [0, 0.1) is 23.7 Å². The molecule has 2 saturated carbocycles. The van der Waals surface area contributed by atoms with Crippen molar-refractivity contribution in [2.75, 3.05) is 0 Å². The molecule has 2 aliphatic rings. The van der Waals surface area contributed by atoms with Gasteiger partial charge in [-0.25, -0.2) is 0 Å². The van der Waals surface area contributed by atoms with Gasteiger partial charge in [0.2, 0.25) is 0 Å². The third-order valence-electron chi connectivity index (χ3n) is 7.13. The maximum Gasteiger partial charge on any atom is -0.0386 e. The Balaban J connectivity index is 1.54. The molecule has 0 atom stereocenters. The molecule has 0 radical (unpaired) electrons. The van der Waals surface area contributed by atoms with Crippen LogP contribution in [0.3, 0.4) is 0 Å². The largest absolute Gasteiger partial charge is 0.0654 e. The number of hydrogen-bond donors (Lipinski definition) is 0. The van der Waals surface area contributed by atoms with Crippen molar-refractivity contribution in [3.63, 3.8) is 0 Å². The zero-order valence-corrected chi connectivity index (χ0v) is 16.3. The summed E-state index contributed by atoms with van der Waals surface area (Å²) in [4.78, 5) is 0. The molecule has 0 aromatic carbocycles. The lowest BCUT2D eigenvalue weighted by Gasteiger charge is -2.38. The minimum atomic E-state index is 1.09. The Kier molecular flexibility index (Phi) is 9.69. The molecule has 0 amide bonds. The average molecular weight is 321 g/mol. The SMILES string of the molecule is CCCCCCC[C@H]1CC[C@H]([C@H]2CC[C@H](CCCC)CC2)CC1. The average Bonchev–Trinajstić information content (AvgIpc) is 2.61. The third kappa shape index (κ3) is 7.18. The van der Waals surface area contributed by atoms with E-state index in [2.05, 4.69) is 13.8 Å². The molecule has 0 N–H and O–H groups in total. The predicted molar refractivity (Wildman–Crippen MR) is 104 cm³/mol. The van der Waals surface area contributed by atoms with E-state index in [4.69, 9.17) is 0 Å². The smallest absolute Gasteiger partial charge is 0.0386 e. The maximum atomic E-state index is 2.34. The highest BCUT2D eigenvalue weighted by atomic mass is 14.4. The van der Waals surface area contributed by atoms with E-state index in [0.29, 0.717) is 0 Å². The topological polar surface area (TPSA) is 0 Å². The van der Waals surface area contributed by atoms with Gasteiger partial charge in [0, 0.05) is 0 Å². The molecule has 2 aliphatic carbocycles. The predicted octanol–water partition coefficient (Wildman–Crippen LogP) is 8.15. The normalized spacial score (nSPS) is 32.1. The molecule has 0 spiro atoms. The molecular weight excluding hydrogens is 276 g/mol. The first-order valence-electron chi connectivity index (χ1n) is 11.3. The third-order valence-corrected chi connectivity index (χ3v) is 7.13. The summed E-state index contributed by atoms with van der Waals surface area (Å²) < 4.78 is 0. The molecule has 0 saturated heterocycles. The van der Waals surface area contributed by atoms with E-state index in [9.17, 15) is 0 Å². The Bertz CT molecular complexity index is 266. The summed E-state index contributed by atoms with van der Waals surface area (Å²) in [6, 6.07) is 0. The molecule has 0 aliphatic heterocycles. The Morgan fingerprint density at radius 3 is 1.39 bits per heavy atom. The molecule has 0 unspecified atom stereocenters. The van der Waals surface area contributed by atoms with Crippen molar-refractivity contribution in [1.82, 2.24) is 0 Å². The molecule has 0 bridgehead atoms. The van der Waals surface area contributed by atoms with Crippen LogP contribution in [0.1, 0.15) is 123 Å². The lowest BCUT2D eigenvalue weighted by atomic mass is 9.68. The van der Waals surface area contributed by atoms with Crippen LogP contribution in [0.2, 0.25) is 0 Å². The summed E-state index contributed by atoms with van der Waals surface area (Å²) >= 11 is 0. The number of unbranched alkanes of at least 4 members (excludes halogenated alkanes) is 5. The summed E-state index contributed by atoms with van der Waals surface area (Å²) in [5, 5.41) is 0. The van der Waals surface area contributed by atoms with Gasteiger partial charge in [0.05, 0.1) is 0 Å². The lowest BCUT2D eigenvalue weighted by Crippen LogP contribution is -2.25. The van der Waals surface area contributed by atoms with Gasteiger partial charge in [-0.05, 0) is 49.4 Å². The fraction of sp³-hybridized carbons (Fsp3) is 1.00. The maximum absolute atomic E-state index is 2.34. The standard InChI is InChI=1S/C23H44/c1-3-5-7-8-9-11-21-14-18-23(19-15-21)22-16-12-20(13-17-22)10-6-4-2/h20-23H,3-19H2,1-2H3/t20-,21-,22-,23-. The molecule has 0 aromatic rings. The Hall–Kier alpha value is 0. The van der Waals surface area contributed by atoms with E-state index in [1.807, 2.05) is 0 Å². The molecule has 0 aromatic heterocycles. The molecule has 0 nitrogen and oxygen atoms in total. The summed E-state index contributed by atoms with van der Waals surface area (Å²) in [7, 11) is 0. The van der Waals surface area contributed by atoms with Crippen molar-refractivity contribution >= 4 is 0 Å². The fourth-order valence-corrected chi connectivity index (χ4v) is 5.43. The van der Waals surface area contributed by atoms with Crippen LogP contribution in [-0.2, 0) is 0 Å². The molecule has 2 rings (SSSR count). The van der Waals surface area contributed by atoms with Crippen molar-refractivity contribution < 1.29 is 0 Å². The van der Waals surface area contributed by atoms with Crippen LogP contribution in [0.5, 0.6) is 0 Å². The Labute approximate surface area is 147 Å². The lowest BCUT2D eigenvalue weighted by molar-refractivity contribution is 0.139. The second-order valence-electron chi connectivity index (χ2n) is 8.91. The van der Waals surface area contributed by atoms with E-state index >= 15 is 0 Å².